The van der Waals surface area contributed by atoms with Gasteiger partial charge in [-0.15, -0.1) is 11.3 Å². The summed E-state index contributed by atoms with van der Waals surface area (Å²) in [4.78, 5) is 13.8. The molecule has 0 aliphatic carbocycles. The van der Waals surface area contributed by atoms with E-state index in [0.717, 1.165) is 17.7 Å². The van der Waals surface area contributed by atoms with E-state index in [-0.39, 0.29) is 11.8 Å². The molecule has 124 valence electrons. The maximum Gasteiger partial charge on any atom is 0.227 e. The SMILES string of the molecule is COCCCNC(=O)C(Cc1cccs1)c1ccc(OC)cc1. The van der Waals surface area contributed by atoms with Crippen LogP contribution in [0.4, 0.5) is 0 Å². The zero-order chi connectivity index (χ0) is 16.5. The minimum absolute atomic E-state index is 0.0552. The van der Waals surface area contributed by atoms with Crippen molar-refractivity contribution in [2.45, 2.75) is 18.8 Å². The molecule has 0 aliphatic heterocycles. The Morgan fingerprint density at radius 3 is 2.61 bits per heavy atom. The number of rotatable bonds is 9. The number of methoxy groups -OCH3 is 2. The zero-order valence-electron chi connectivity index (χ0n) is 13.6. The smallest absolute Gasteiger partial charge is 0.227 e. The highest BCUT2D eigenvalue weighted by molar-refractivity contribution is 7.09. The van der Waals surface area contributed by atoms with Crippen molar-refractivity contribution >= 4 is 17.2 Å². The molecule has 0 aliphatic rings. The van der Waals surface area contributed by atoms with Crippen LogP contribution in [0.3, 0.4) is 0 Å². The lowest BCUT2D eigenvalue weighted by Gasteiger charge is -2.17. The standard InChI is InChI=1S/C18H23NO3S/c1-21-11-4-10-19-18(20)17(13-16-5-3-12-23-16)14-6-8-15(22-2)9-7-14/h3,5-9,12,17H,4,10-11,13H2,1-2H3,(H,19,20). The Hall–Kier alpha value is -1.85. The van der Waals surface area contributed by atoms with Gasteiger partial charge in [-0.25, -0.2) is 0 Å². The molecule has 0 saturated heterocycles. The first-order valence-electron chi connectivity index (χ1n) is 7.67. The molecule has 1 atom stereocenters. The fourth-order valence-corrected chi connectivity index (χ4v) is 3.13. The average Bonchev–Trinajstić information content (AvgIpc) is 3.10. The van der Waals surface area contributed by atoms with E-state index in [2.05, 4.69) is 11.4 Å². The highest BCUT2D eigenvalue weighted by atomic mass is 32.1. The summed E-state index contributed by atoms with van der Waals surface area (Å²) in [5.74, 6) is 0.658. The van der Waals surface area contributed by atoms with Gasteiger partial charge in [0, 0.05) is 25.1 Å². The van der Waals surface area contributed by atoms with Gasteiger partial charge in [0.05, 0.1) is 13.0 Å². The summed E-state index contributed by atoms with van der Waals surface area (Å²) in [6.07, 6.45) is 1.52. The van der Waals surface area contributed by atoms with Gasteiger partial charge in [0.2, 0.25) is 5.91 Å². The Morgan fingerprint density at radius 2 is 2.00 bits per heavy atom. The molecule has 1 aromatic carbocycles. The number of hydrogen-bond acceptors (Lipinski definition) is 4. The summed E-state index contributed by atoms with van der Waals surface area (Å²) in [6.45, 7) is 1.28. The van der Waals surface area contributed by atoms with Crippen LogP contribution in [0.5, 0.6) is 5.75 Å². The fraction of sp³-hybridized carbons (Fsp3) is 0.389. The summed E-state index contributed by atoms with van der Waals surface area (Å²) in [5, 5.41) is 5.05. The Kier molecular flexibility index (Phi) is 7.10. The van der Waals surface area contributed by atoms with Crippen LogP contribution < -0.4 is 10.1 Å². The number of carbonyl (C=O) groups excluding carboxylic acids is 1. The second kappa shape index (κ2) is 9.33. The molecule has 2 rings (SSSR count). The molecular weight excluding hydrogens is 310 g/mol. The normalized spacial score (nSPS) is 11.9. The van der Waals surface area contributed by atoms with Gasteiger partial charge >= 0.3 is 0 Å². The van der Waals surface area contributed by atoms with Gasteiger partial charge in [-0.05, 0) is 42.0 Å². The quantitative estimate of drug-likeness (QED) is 0.717. The van der Waals surface area contributed by atoms with Crippen molar-refractivity contribution in [1.29, 1.82) is 0 Å². The third-order valence-corrected chi connectivity index (χ3v) is 4.54. The first-order valence-corrected chi connectivity index (χ1v) is 8.55. The summed E-state index contributed by atoms with van der Waals surface area (Å²) in [7, 11) is 3.30. The molecule has 1 heterocycles. The first kappa shape index (κ1) is 17.5. The van der Waals surface area contributed by atoms with Crippen molar-refractivity contribution in [2.75, 3.05) is 27.4 Å². The largest absolute Gasteiger partial charge is 0.497 e. The highest BCUT2D eigenvalue weighted by Crippen LogP contribution is 2.25. The number of amides is 1. The van der Waals surface area contributed by atoms with Crippen LogP contribution in [-0.2, 0) is 16.0 Å². The number of benzene rings is 1. The molecule has 4 nitrogen and oxygen atoms in total. The molecule has 0 saturated carbocycles. The van der Waals surface area contributed by atoms with Gasteiger partial charge in [0.15, 0.2) is 0 Å². The fourth-order valence-electron chi connectivity index (χ4n) is 2.38. The molecule has 23 heavy (non-hydrogen) atoms. The number of thiophene rings is 1. The van der Waals surface area contributed by atoms with E-state index >= 15 is 0 Å². The van der Waals surface area contributed by atoms with E-state index in [9.17, 15) is 4.79 Å². The minimum Gasteiger partial charge on any atom is -0.497 e. The Balaban J connectivity index is 2.08. The molecule has 1 unspecified atom stereocenters. The van der Waals surface area contributed by atoms with Crippen LogP contribution in [0.1, 0.15) is 22.8 Å². The molecule has 1 N–H and O–H groups in total. The van der Waals surface area contributed by atoms with E-state index in [4.69, 9.17) is 9.47 Å². The van der Waals surface area contributed by atoms with E-state index in [1.807, 2.05) is 35.7 Å². The van der Waals surface area contributed by atoms with Crippen LogP contribution in [-0.4, -0.2) is 33.3 Å². The second-order valence-corrected chi connectivity index (χ2v) is 6.28. The topological polar surface area (TPSA) is 47.6 Å². The number of hydrogen-bond donors (Lipinski definition) is 1. The highest BCUT2D eigenvalue weighted by Gasteiger charge is 2.21. The molecule has 0 spiro atoms. The third-order valence-electron chi connectivity index (χ3n) is 3.64. The van der Waals surface area contributed by atoms with Crippen molar-refractivity contribution in [2.24, 2.45) is 0 Å². The number of ether oxygens (including phenoxy) is 2. The maximum atomic E-state index is 12.6. The van der Waals surface area contributed by atoms with Crippen molar-refractivity contribution in [3.8, 4) is 5.75 Å². The Bertz CT molecular complexity index is 581. The van der Waals surface area contributed by atoms with Gasteiger partial charge in [-0.1, -0.05) is 18.2 Å². The van der Waals surface area contributed by atoms with Crippen LogP contribution in [0.15, 0.2) is 41.8 Å². The summed E-state index contributed by atoms with van der Waals surface area (Å²) >= 11 is 1.68. The second-order valence-electron chi connectivity index (χ2n) is 5.25. The lowest BCUT2D eigenvalue weighted by Crippen LogP contribution is -2.31. The van der Waals surface area contributed by atoms with Gasteiger partial charge in [-0.3, -0.25) is 4.79 Å². The average molecular weight is 333 g/mol. The predicted octanol–water partition coefficient (Wildman–Crippen LogP) is 3.24. The number of nitrogens with one attached hydrogen (secondary N) is 1. The summed E-state index contributed by atoms with van der Waals surface area (Å²) in [5.41, 5.74) is 1.00. The Labute approximate surface area is 141 Å². The van der Waals surface area contributed by atoms with Crippen molar-refractivity contribution in [1.82, 2.24) is 5.32 Å². The molecule has 2 aromatic rings. The van der Waals surface area contributed by atoms with Crippen molar-refractivity contribution in [3.05, 3.63) is 52.2 Å². The monoisotopic (exact) mass is 333 g/mol. The first-order chi connectivity index (χ1) is 11.2. The molecule has 0 bridgehead atoms. The molecular formula is C18H23NO3S. The van der Waals surface area contributed by atoms with E-state index in [1.165, 1.54) is 4.88 Å². The van der Waals surface area contributed by atoms with Crippen LogP contribution in [0.25, 0.3) is 0 Å². The van der Waals surface area contributed by atoms with E-state index in [1.54, 1.807) is 25.6 Å². The molecule has 1 aromatic heterocycles. The maximum absolute atomic E-state index is 12.6. The van der Waals surface area contributed by atoms with Gasteiger partial charge in [0.25, 0.3) is 0 Å². The van der Waals surface area contributed by atoms with Crippen LogP contribution >= 0.6 is 11.3 Å². The van der Waals surface area contributed by atoms with E-state index < -0.39 is 0 Å². The van der Waals surface area contributed by atoms with Crippen molar-refractivity contribution in [3.63, 3.8) is 0 Å². The molecule has 1 amide bonds. The van der Waals surface area contributed by atoms with Crippen LogP contribution in [0.2, 0.25) is 0 Å². The minimum atomic E-state index is -0.192. The van der Waals surface area contributed by atoms with Gasteiger partial charge < -0.3 is 14.8 Å². The summed E-state index contributed by atoms with van der Waals surface area (Å²) in [6, 6.07) is 11.8. The molecule has 0 radical (unpaired) electrons. The number of carbonyl (C=O) groups is 1. The molecule has 0 fully saturated rings. The Morgan fingerprint density at radius 1 is 1.22 bits per heavy atom. The summed E-state index contributed by atoms with van der Waals surface area (Å²) < 4.78 is 10.2. The van der Waals surface area contributed by atoms with Crippen molar-refractivity contribution < 1.29 is 14.3 Å². The lowest BCUT2D eigenvalue weighted by molar-refractivity contribution is -0.122. The third kappa shape index (κ3) is 5.37. The predicted molar refractivity (Wildman–Crippen MR) is 93.3 cm³/mol. The zero-order valence-corrected chi connectivity index (χ0v) is 14.4. The molecule has 5 heteroatoms. The van der Waals surface area contributed by atoms with Gasteiger partial charge in [-0.2, -0.15) is 0 Å². The van der Waals surface area contributed by atoms with Crippen LogP contribution in [0, 0.1) is 0 Å². The lowest BCUT2D eigenvalue weighted by atomic mass is 9.94. The van der Waals surface area contributed by atoms with E-state index in [0.29, 0.717) is 19.6 Å². The van der Waals surface area contributed by atoms with Gasteiger partial charge in [0.1, 0.15) is 5.75 Å².